The molecule has 3 N–H and O–H groups in total. The van der Waals surface area contributed by atoms with Gasteiger partial charge in [0.1, 0.15) is 30.5 Å². The van der Waals surface area contributed by atoms with E-state index in [0.717, 1.165) is 16.5 Å². The number of hydrogen-bond acceptors (Lipinski definition) is 6. The van der Waals surface area contributed by atoms with Crippen molar-refractivity contribution in [3.05, 3.63) is 66.2 Å². The number of nitrogens with two attached hydrogens (primary N) is 1. The van der Waals surface area contributed by atoms with Crippen LogP contribution in [0.3, 0.4) is 0 Å². The Morgan fingerprint density at radius 3 is 2.67 bits per heavy atom. The van der Waals surface area contributed by atoms with Crippen molar-refractivity contribution in [2.45, 2.75) is 6.10 Å². The molecule has 1 heterocycles. The molecule has 1 amide bonds. The van der Waals surface area contributed by atoms with Crippen LogP contribution in [0.4, 0.5) is 10.5 Å². The van der Waals surface area contributed by atoms with E-state index >= 15 is 0 Å². The van der Waals surface area contributed by atoms with E-state index in [4.69, 9.17) is 25.1 Å². The van der Waals surface area contributed by atoms with Crippen LogP contribution in [0.2, 0.25) is 0 Å². The first-order chi connectivity index (χ1) is 15.9. The van der Waals surface area contributed by atoms with Gasteiger partial charge in [0.15, 0.2) is 6.10 Å². The van der Waals surface area contributed by atoms with E-state index in [1.807, 2.05) is 36.4 Å². The van der Waals surface area contributed by atoms with E-state index < -0.39 is 24.7 Å². The van der Waals surface area contributed by atoms with Crippen LogP contribution < -0.4 is 20.1 Å². The molecule has 0 aliphatic carbocycles. The second kappa shape index (κ2) is 9.47. The summed E-state index contributed by atoms with van der Waals surface area (Å²) < 4.78 is 16.6. The van der Waals surface area contributed by atoms with Crippen molar-refractivity contribution in [3.63, 3.8) is 0 Å². The molecule has 170 valence electrons. The number of nitrogens with zero attached hydrogens (tertiary/aromatic N) is 2. The summed E-state index contributed by atoms with van der Waals surface area (Å²) in [5.41, 5.74) is 6.96. The number of benzene rings is 3. The minimum absolute atomic E-state index is 0.0830. The van der Waals surface area contributed by atoms with Crippen molar-refractivity contribution in [2.75, 3.05) is 31.7 Å². The third kappa shape index (κ3) is 5.15. The molecular formula is C24H23N3O6. The van der Waals surface area contributed by atoms with Gasteiger partial charge in [0.2, 0.25) is 0 Å². The van der Waals surface area contributed by atoms with Crippen LogP contribution in [0.25, 0.3) is 10.8 Å². The number of amidine groups is 1. The molecule has 1 fully saturated rings. The highest BCUT2D eigenvalue weighted by atomic mass is 16.6. The fourth-order valence-electron chi connectivity index (χ4n) is 3.51. The molecule has 0 radical (unpaired) electrons. The van der Waals surface area contributed by atoms with Crippen LogP contribution in [0.15, 0.2) is 65.7 Å². The van der Waals surface area contributed by atoms with Crippen molar-refractivity contribution in [3.8, 4) is 11.5 Å². The van der Waals surface area contributed by atoms with Crippen molar-refractivity contribution >= 4 is 34.4 Å². The summed E-state index contributed by atoms with van der Waals surface area (Å²) in [6.45, 7) is 0.0677. The lowest BCUT2D eigenvalue weighted by atomic mass is 10.1. The lowest BCUT2D eigenvalue weighted by Gasteiger charge is -2.14. The molecule has 0 saturated carbocycles. The third-order valence-corrected chi connectivity index (χ3v) is 5.17. The third-order valence-electron chi connectivity index (χ3n) is 5.17. The zero-order valence-corrected chi connectivity index (χ0v) is 17.9. The number of methoxy groups -OCH3 is 1. The molecular weight excluding hydrogens is 426 g/mol. The maximum Gasteiger partial charge on any atom is 0.414 e. The molecule has 1 unspecified atom stereocenters. The summed E-state index contributed by atoms with van der Waals surface area (Å²) in [4.78, 5) is 28.4. The molecule has 1 aliphatic heterocycles. The number of aliphatic carboxylic acids is 1. The number of ether oxygens (including phenoxy) is 3. The minimum atomic E-state index is -1.08. The lowest BCUT2D eigenvalue weighted by Crippen LogP contribution is -2.27. The minimum Gasteiger partial charge on any atom is -0.497 e. The molecule has 3 aromatic rings. The van der Waals surface area contributed by atoms with Gasteiger partial charge in [-0.05, 0) is 47.2 Å². The first-order valence-electron chi connectivity index (χ1n) is 10.2. The molecule has 33 heavy (non-hydrogen) atoms. The highest BCUT2D eigenvalue weighted by Crippen LogP contribution is 2.26. The Morgan fingerprint density at radius 1 is 1.15 bits per heavy atom. The van der Waals surface area contributed by atoms with E-state index in [9.17, 15) is 9.59 Å². The molecule has 1 aliphatic rings. The van der Waals surface area contributed by atoms with Crippen molar-refractivity contribution in [1.29, 1.82) is 0 Å². The van der Waals surface area contributed by atoms with Gasteiger partial charge < -0.3 is 25.1 Å². The van der Waals surface area contributed by atoms with Crippen molar-refractivity contribution in [2.24, 2.45) is 10.7 Å². The molecule has 9 nitrogen and oxygen atoms in total. The number of hydrogen-bond donors (Lipinski definition) is 2. The number of carbonyl (C=O) groups excluding carboxylic acids is 1. The maximum absolute atomic E-state index is 12.4. The monoisotopic (exact) mass is 449 g/mol. The summed E-state index contributed by atoms with van der Waals surface area (Å²) in [6, 6.07) is 18.4. The van der Waals surface area contributed by atoms with Gasteiger partial charge in [0.25, 0.3) is 0 Å². The molecule has 9 heteroatoms. The van der Waals surface area contributed by atoms with Crippen molar-refractivity contribution in [1.82, 2.24) is 0 Å². The Hall–Kier alpha value is -4.27. The normalized spacial score (nSPS) is 16.0. The van der Waals surface area contributed by atoms with E-state index in [0.29, 0.717) is 23.5 Å². The van der Waals surface area contributed by atoms with Gasteiger partial charge in [-0.1, -0.05) is 24.3 Å². The van der Waals surface area contributed by atoms with Crippen LogP contribution in [0.1, 0.15) is 5.56 Å². The quantitative estimate of drug-likeness (QED) is 0.400. The molecule has 4 rings (SSSR count). The summed E-state index contributed by atoms with van der Waals surface area (Å²) in [6.07, 6.45) is -0.953. The number of carbonyl (C=O) groups is 2. The largest absolute Gasteiger partial charge is 0.497 e. The Bertz CT molecular complexity index is 1230. The van der Waals surface area contributed by atoms with Crippen LogP contribution in [0.5, 0.6) is 11.5 Å². The number of fused-ring (bicyclic) bond motifs is 1. The first-order valence-corrected chi connectivity index (χ1v) is 10.2. The number of carboxylic acids is 1. The maximum atomic E-state index is 12.4. The number of rotatable bonds is 8. The predicted molar refractivity (Wildman–Crippen MR) is 123 cm³/mol. The average Bonchev–Trinajstić information content (AvgIpc) is 3.21. The highest BCUT2D eigenvalue weighted by molar-refractivity contribution is 6.00. The van der Waals surface area contributed by atoms with Gasteiger partial charge in [-0.3, -0.25) is 14.7 Å². The van der Waals surface area contributed by atoms with Crippen LogP contribution in [-0.4, -0.2) is 55.9 Å². The number of amides is 1. The van der Waals surface area contributed by atoms with E-state index in [1.165, 1.54) is 4.90 Å². The Balaban J connectivity index is 1.41. The number of anilines is 1. The number of carboxylic acid groups (broad SMARTS) is 1. The summed E-state index contributed by atoms with van der Waals surface area (Å²) >= 11 is 0. The van der Waals surface area contributed by atoms with Gasteiger partial charge in [-0.25, -0.2) is 4.79 Å². The first kappa shape index (κ1) is 21.9. The molecule has 0 spiro atoms. The second-order valence-electron chi connectivity index (χ2n) is 7.45. The molecule has 0 aromatic heterocycles. The second-order valence-corrected chi connectivity index (χ2v) is 7.45. The standard InChI is InChI=1S/C24H23N3O6/c1-31-19-7-5-15-6-8-20(11-17(15)10-19)32-14-21-13-27(24(30)33-21)18-4-2-3-16(9-18)23(25)26-12-22(28)29/h2-11,21H,12-14H2,1H3,(H2,25,26)(H,28,29). The van der Waals surface area contributed by atoms with Crippen LogP contribution >= 0.6 is 0 Å². The van der Waals surface area contributed by atoms with Crippen LogP contribution in [0, 0.1) is 0 Å². The van der Waals surface area contributed by atoms with Gasteiger partial charge in [0, 0.05) is 11.3 Å². The summed E-state index contributed by atoms with van der Waals surface area (Å²) in [7, 11) is 1.62. The lowest BCUT2D eigenvalue weighted by molar-refractivity contribution is -0.135. The summed E-state index contributed by atoms with van der Waals surface area (Å²) in [5.74, 6) is 0.427. The summed E-state index contributed by atoms with van der Waals surface area (Å²) in [5, 5.41) is 10.8. The van der Waals surface area contributed by atoms with Gasteiger partial charge in [0.05, 0.1) is 13.7 Å². The fraction of sp³-hybridized carbons (Fsp3) is 0.208. The Kier molecular flexibility index (Phi) is 6.30. The zero-order chi connectivity index (χ0) is 23.4. The van der Waals surface area contributed by atoms with Crippen LogP contribution in [-0.2, 0) is 9.53 Å². The Labute approximate surface area is 190 Å². The predicted octanol–water partition coefficient (Wildman–Crippen LogP) is 3.04. The van der Waals surface area contributed by atoms with E-state index in [1.54, 1.807) is 31.4 Å². The van der Waals surface area contributed by atoms with Gasteiger partial charge >= 0.3 is 12.1 Å². The topological polar surface area (TPSA) is 124 Å². The van der Waals surface area contributed by atoms with Crippen molar-refractivity contribution < 1.29 is 28.9 Å². The molecule has 1 atom stereocenters. The SMILES string of the molecule is COc1ccc2ccc(OCC3CN(c4cccc(C(N)=NCC(=O)O)c4)C(=O)O3)cc2c1. The highest BCUT2D eigenvalue weighted by Gasteiger charge is 2.33. The van der Waals surface area contributed by atoms with E-state index in [2.05, 4.69) is 4.99 Å². The molecule has 3 aromatic carbocycles. The Morgan fingerprint density at radius 2 is 1.91 bits per heavy atom. The number of cyclic esters (lactones) is 1. The fourth-order valence-corrected chi connectivity index (χ4v) is 3.51. The molecule has 1 saturated heterocycles. The zero-order valence-electron chi connectivity index (χ0n) is 17.9. The average molecular weight is 449 g/mol. The molecule has 0 bridgehead atoms. The smallest absolute Gasteiger partial charge is 0.414 e. The van der Waals surface area contributed by atoms with Gasteiger partial charge in [-0.15, -0.1) is 0 Å². The van der Waals surface area contributed by atoms with Gasteiger partial charge in [-0.2, -0.15) is 0 Å². The van der Waals surface area contributed by atoms with E-state index in [-0.39, 0.29) is 12.4 Å². The number of aliphatic imine (C=N–C) groups is 1.